The zero-order valence-corrected chi connectivity index (χ0v) is 15.7. The topological polar surface area (TPSA) is 0 Å². The molecule has 2 aromatic rings. The van der Waals surface area contributed by atoms with Crippen molar-refractivity contribution in [2.45, 2.75) is 38.5 Å². The fourth-order valence-electron chi connectivity index (χ4n) is 3.02. The maximum atomic E-state index is 3.92. The van der Waals surface area contributed by atoms with Gasteiger partial charge in [-0.3, -0.25) is 0 Å². The summed E-state index contributed by atoms with van der Waals surface area (Å²) in [5.41, 5.74) is 5.66. The van der Waals surface area contributed by atoms with Crippen LogP contribution < -0.4 is 0 Å². The Morgan fingerprint density at radius 2 is 1.00 bits per heavy atom. The zero-order chi connectivity index (χ0) is 18.5. The predicted molar refractivity (Wildman–Crippen MR) is 115 cm³/mol. The van der Waals surface area contributed by atoms with Crippen molar-refractivity contribution in [1.29, 1.82) is 0 Å². The van der Waals surface area contributed by atoms with E-state index in [1.165, 1.54) is 22.3 Å². The number of benzene rings is 2. The van der Waals surface area contributed by atoms with E-state index in [-0.39, 0.29) is 0 Å². The summed E-state index contributed by atoms with van der Waals surface area (Å²) in [5, 5.41) is 0. The Balaban J connectivity index is 1.96. The van der Waals surface area contributed by atoms with Gasteiger partial charge in [-0.15, -0.1) is 13.2 Å². The van der Waals surface area contributed by atoms with Crippen LogP contribution in [-0.2, 0) is 12.8 Å². The zero-order valence-electron chi connectivity index (χ0n) is 15.7. The average molecular weight is 343 g/mol. The van der Waals surface area contributed by atoms with Crippen LogP contribution in [0.25, 0.3) is 0 Å². The maximum Gasteiger partial charge on any atom is -0.00947 e. The van der Waals surface area contributed by atoms with Crippen LogP contribution in [-0.4, -0.2) is 0 Å². The minimum atomic E-state index is 0.965. The molecular weight excluding hydrogens is 312 g/mol. The Hall–Kier alpha value is -2.60. The molecule has 0 heteroatoms. The molecule has 2 aromatic carbocycles. The number of allylic oxidation sites excluding steroid dienone is 6. The van der Waals surface area contributed by atoms with Gasteiger partial charge in [0.05, 0.1) is 0 Å². The van der Waals surface area contributed by atoms with Crippen LogP contribution in [0.1, 0.15) is 36.8 Å². The molecule has 0 saturated heterocycles. The summed E-state index contributed by atoms with van der Waals surface area (Å²) in [5.74, 6) is 0. The molecule has 0 N–H and O–H groups in total. The average Bonchev–Trinajstić information content (AvgIpc) is 2.69. The highest BCUT2D eigenvalue weighted by molar-refractivity contribution is 5.22. The number of hydrogen-bond donors (Lipinski definition) is 0. The lowest BCUT2D eigenvalue weighted by molar-refractivity contribution is 0.863. The van der Waals surface area contributed by atoms with Gasteiger partial charge in [0.25, 0.3) is 0 Å². The van der Waals surface area contributed by atoms with Gasteiger partial charge in [-0.1, -0.05) is 96.1 Å². The second-order valence-corrected chi connectivity index (χ2v) is 6.59. The van der Waals surface area contributed by atoms with Crippen molar-refractivity contribution in [3.63, 3.8) is 0 Å². The SMILES string of the molecule is C=CC/C(=C/Cc1ccccc1)CC/C(=C\Cc1ccccc1)CC=C. The van der Waals surface area contributed by atoms with Gasteiger partial charge in [0, 0.05) is 0 Å². The first kappa shape index (κ1) is 19.7. The van der Waals surface area contributed by atoms with Crippen molar-refractivity contribution in [1.82, 2.24) is 0 Å². The fraction of sp³-hybridized carbons (Fsp3) is 0.231. The molecule has 0 aliphatic heterocycles. The van der Waals surface area contributed by atoms with Gasteiger partial charge in [-0.25, -0.2) is 0 Å². The molecule has 0 saturated carbocycles. The third-order valence-electron chi connectivity index (χ3n) is 4.52. The molecule has 0 unspecified atom stereocenters. The molecule has 0 atom stereocenters. The van der Waals surface area contributed by atoms with E-state index >= 15 is 0 Å². The highest BCUT2D eigenvalue weighted by Crippen LogP contribution is 2.19. The molecule has 0 fully saturated rings. The summed E-state index contributed by atoms with van der Waals surface area (Å²) in [7, 11) is 0. The summed E-state index contributed by atoms with van der Waals surface area (Å²) >= 11 is 0. The molecule has 0 amide bonds. The van der Waals surface area contributed by atoms with Crippen LogP contribution in [0.15, 0.2) is 109 Å². The van der Waals surface area contributed by atoms with Crippen molar-refractivity contribution >= 4 is 0 Å². The smallest absolute Gasteiger partial charge is 0.00947 e. The Morgan fingerprint density at radius 3 is 1.35 bits per heavy atom. The Labute approximate surface area is 159 Å². The van der Waals surface area contributed by atoms with Gasteiger partial charge in [0.15, 0.2) is 0 Å². The van der Waals surface area contributed by atoms with Crippen LogP contribution >= 0.6 is 0 Å². The van der Waals surface area contributed by atoms with Crippen LogP contribution in [0.3, 0.4) is 0 Å². The van der Waals surface area contributed by atoms with Crippen molar-refractivity contribution < 1.29 is 0 Å². The third-order valence-corrected chi connectivity index (χ3v) is 4.52. The Kier molecular flexibility index (Phi) is 9.00. The van der Waals surface area contributed by atoms with E-state index in [0.717, 1.165) is 38.5 Å². The maximum absolute atomic E-state index is 3.92. The molecule has 0 spiro atoms. The van der Waals surface area contributed by atoms with E-state index in [1.807, 2.05) is 12.2 Å². The van der Waals surface area contributed by atoms with Crippen molar-refractivity contribution in [3.8, 4) is 0 Å². The highest BCUT2D eigenvalue weighted by atomic mass is 14.1. The second kappa shape index (κ2) is 11.9. The second-order valence-electron chi connectivity index (χ2n) is 6.59. The molecule has 2 rings (SSSR count). The van der Waals surface area contributed by atoms with Gasteiger partial charge in [0.1, 0.15) is 0 Å². The summed E-state index contributed by atoms with van der Waals surface area (Å²) in [4.78, 5) is 0. The third kappa shape index (κ3) is 7.53. The lowest BCUT2D eigenvalue weighted by atomic mass is 9.97. The molecule has 0 nitrogen and oxygen atoms in total. The standard InChI is InChI=1S/C26H30/c1-3-11-23(19-21-25-13-7-5-8-14-25)17-18-24(12-4-2)20-22-26-15-9-6-10-16-26/h3-10,13-16,19-20H,1-2,11-12,17-18,21-22H2/b23-19-,24-20-. The normalized spacial score (nSPS) is 12.0. The first-order valence-corrected chi connectivity index (χ1v) is 9.47. The van der Waals surface area contributed by atoms with E-state index < -0.39 is 0 Å². The molecule has 0 aromatic heterocycles. The molecule has 0 aliphatic carbocycles. The Bertz CT molecular complexity index is 652. The van der Waals surface area contributed by atoms with Crippen molar-refractivity contribution in [2.75, 3.05) is 0 Å². The molecule has 26 heavy (non-hydrogen) atoms. The van der Waals surface area contributed by atoms with E-state index in [4.69, 9.17) is 0 Å². The molecule has 0 aliphatic rings. The monoisotopic (exact) mass is 342 g/mol. The van der Waals surface area contributed by atoms with Crippen molar-refractivity contribution in [2.24, 2.45) is 0 Å². The number of hydrogen-bond acceptors (Lipinski definition) is 0. The molecule has 0 heterocycles. The first-order chi connectivity index (χ1) is 12.8. The molecule has 0 bridgehead atoms. The van der Waals surface area contributed by atoms with Gasteiger partial charge in [0.2, 0.25) is 0 Å². The Morgan fingerprint density at radius 1 is 0.615 bits per heavy atom. The largest absolute Gasteiger partial charge is 0.103 e. The lowest BCUT2D eigenvalue weighted by Crippen LogP contribution is -1.91. The summed E-state index contributed by atoms with van der Waals surface area (Å²) in [6.07, 6.45) is 14.9. The van der Waals surface area contributed by atoms with Gasteiger partial charge in [-0.2, -0.15) is 0 Å². The van der Waals surface area contributed by atoms with E-state index in [2.05, 4.69) is 86.0 Å². The van der Waals surface area contributed by atoms with Crippen LogP contribution in [0, 0.1) is 0 Å². The minimum absolute atomic E-state index is 0.965. The van der Waals surface area contributed by atoms with E-state index in [9.17, 15) is 0 Å². The quantitative estimate of drug-likeness (QED) is 0.377. The minimum Gasteiger partial charge on any atom is -0.103 e. The molecule has 0 radical (unpaired) electrons. The van der Waals surface area contributed by atoms with Crippen LogP contribution in [0.5, 0.6) is 0 Å². The van der Waals surface area contributed by atoms with Crippen LogP contribution in [0.2, 0.25) is 0 Å². The van der Waals surface area contributed by atoms with E-state index in [1.54, 1.807) is 0 Å². The molecular formula is C26H30. The lowest BCUT2D eigenvalue weighted by Gasteiger charge is -2.09. The highest BCUT2D eigenvalue weighted by Gasteiger charge is 2.01. The van der Waals surface area contributed by atoms with Gasteiger partial charge in [-0.05, 0) is 49.7 Å². The van der Waals surface area contributed by atoms with Crippen molar-refractivity contribution in [3.05, 3.63) is 120 Å². The predicted octanol–water partition coefficient (Wildman–Crippen LogP) is 7.26. The summed E-state index contributed by atoms with van der Waals surface area (Å²) < 4.78 is 0. The summed E-state index contributed by atoms with van der Waals surface area (Å²) in [6.45, 7) is 7.85. The fourth-order valence-corrected chi connectivity index (χ4v) is 3.02. The number of rotatable bonds is 11. The molecule has 134 valence electrons. The van der Waals surface area contributed by atoms with Crippen LogP contribution in [0.4, 0.5) is 0 Å². The van der Waals surface area contributed by atoms with Gasteiger partial charge >= 0.3 is 0 Å². The summed E-state index contributed by atoms with van der Waals surface area (Å²) in [6, 6.07) is 21.3. The first-order valence-electron chi connectivity index (χ1n) is 9.47. The van der Waals surface area contributed by atoms with E-state index in [0.29, 0.717) is 0 Å². The van der Waals surface area contributed by atoms with Gasteiger partial charge < -0.3 is 0 Å².